The summed E-state index contributed by atoms with van der Waals surface area (Å²) in [6.45, 7) is 9.08. The Morgan fingerprint density at radius 1 is 1.45 bits per heavy atom. The molecule has 0 aromatic carbocycles. The zero-order chi connectivity index (χ0) is 15.9. The predicted molar refractivity (Wildman–Crippen MR) is 82.5 cm³/mol. The highest BCUT2D eigenvalue weighted by Crippen LogP contribution is 2.17. The van der Waals surface area contributed by atoms with E-state index in [1.165, 1.54) is 6.26 Å². The first-order chi connectivity index (χ1) is 10.6. The van der Waals surface area contributed by atoms with Crippen LogP contribution >= 0.6 is 0 Å². The zero-order valence-corrected chi connectivity index (χ0v) is 13.4. The average molecular weight is 310 g/mol. The van der Waals surface area contributed by atoms with Crippen molar-refractivity contribution in [3.8, 4) is 0 Å². The van der Waals surface area contributed by atoms with Crippen molar-refractivity contribution in [3.63, 3.8) is 0 Å². The monoisotopic (exact) mass is 310 g/mol. The topological polar surface area (TPSA) is 93.6 Å². The van der Waals surface area contributed by atoms with Gasteiger partial charge in [0, 0.05) is 19.6 Å². The Bertz CT molecular complexity index is 469. The molecule has 124 valence electrons. The number of ether oxygens (including phenoxy) is 1. The van der Waals surface area contributed by atoms with Gasteiger partial charge >= 0.3 is 0 Å². The fourth-order valence-electron chi connectivity index (χ4n) is 2.25. The maximum Gasteiger partial charge on any atom is 0.273 e. The fraction of sp³-hybridized carbons (Fsp3) is 0.733. The number of hydrogen-bond acceptors (Lipinski definition) is 6. The summed E-state index contributed by atoms with van der Waals surface area (Å²) >= 11 is 0. The molecule has 2 rings (SSSR count). The largest absolute Gasteiger partial charge is 0.446 e. The number of hydrogen-bond donors (Lipinski definition) is 2. The van der Waals surface area contributed by atoms with Crippen LogP contribution in [0.4, 0.5) is 0 Å². The Morgan fingerprint density at radius 3 is 2.86 bits per heavy atom. The minimum Gasteiger partial charge on any atom is -0.446 e. The van der Waals surface area contributed by atoms with Crippen LogP contribution < -0.4 is 11.1 Å². The molecule has 1 aromatic heterocycles. The summed E-state index contributed by atoms with van der Waals surface area (Å²) in [4.78, 5) is 18.5. The summed E-state index contributed by atoms with van der Waals surface area (Å²) in [5.41, 5.74) is 6.24. The van der Waals surface area contributed by atoms with Gasteiger partial charge in [0.15, 0.2) is 5.69 Å². The third-order valence-electron chi connectivity index (χ3n) is 3.80. The second-order valence-electron chi connectivity index (χ2n) is 5.90. The van der Waals surface area contributed by atoms with E-state index in [2.05, 4.69) is 15.2 Å². The molecule has 0 saturated carbocycles. The number of oxazole rings is 1. The smallest absolute Gasteiger partial charge is 0.273 e. The third kappa shape index (κ3) is 4.79. The van der Waals surface area contributed by atoms with Crippen molar-refractivity contribution < 1.29 is 13.9 Å². The second-order valence-corrected chi connectivity index (χ2v) is 5.90. The number of carbonyl (C=O) groups is 1. The number of rotatable bonds is 7. The van der Waals surface area contributed by atoms with Gasteiger partial charge in [0.25, 0.3) is 5.91 Å². The summed E-state index contributed by atoms with van der Waals surface area (Å²) in [6, 6.07) is -0.289. The minimum absolute atomic E-state index is 0.211. The first-order valence-electron chi connectivity index (χ1n) is 7.87. The van der Waals surface area contributed by atoms with E-state index in [1.54, 1.807) is 0 Å². The van der Waals surface area contributed by atoms with Crippen LogP contribution in [0.5, 0.6) is 0 Å². The highest BCUT2D eigenvalue weighted by Gasteiger charge is 2.19. The van der Waals surface area contributed by atoms with E-state index in [4.69, 9.17) is 14.9 Å². The van der Waals surface area contributed by atoms with Gasteiger partial charge in [-0.15, -0.1) is 0 Å². The van der Waals surface area contributed by atoms with Crippen LogP contribution in [0.3, 0.4) is 0 Å². The van der Waals surface area contributed by atoms with E-state index in [-0.39, 0.29) is 23.6 Å². The minimum atomic E-state index is -0.289. The van der Waals surface area contributed by atoms with Crippen LogP contribution in [0.15, 0.2) is 10.7 Å². The van der Waals surface area contributed by atoms with E-state index in [9.17, 15) is 4.79 Å². The zero-order valence-electron chi connectivity index (χ0n) is 13.4. The number of nitrogens with two attached hydrogens (primary N) is 1. The maximum absolute atomic E-state index is 12.0. The van der Waals surface area contributed by atoms with Crippen molar-refractivity contribution in [2.24, 2.45) is 11.7 Å². The SMILES string of the molecule is CC(C)C(N)c1nc(C(=O)NCCCN2CCOCC2)co1. The van der Waals surface area contributed by atoms with Crippen molar-refractivity contribution in [1.82, 2.24) is 15.2 Å². The number of nitrogens with zero attached hydrogens (tertiary/aromatic N) is 2. The molecule has 1 unspecified atom stereocenters. The molecule has 7 nitrogen and oxygen atoms in total. The van der Waals surface area contributed by atoms with Crippen molar-refractivity contribution in [1.29, 1.82) is 0 Å². The predicted octanol–water partition coefficient (Wildman–Crippen LogP) is 0.783. The third-order valence-corrected chi connectivity index (χ3v) is 3.80. The van der Waals surface area contributed by atoms with E-state index in [0.717, 1.165) is 39.3 Å². The van der Waals surface area contributed by atoms with Gasteiger partial charge in [0.1, 0.15) is 6.26 Å². The lowest BCUT2D eigenvalue weighted by Gasteiger charge is -2.26. The molecule has 1 aliphatic rings. The normalized spacial score (nSPS) is 17.6. The van der Waals surface area contributed by atoms with Crippen LogP contribution in [0, 0.1) is 5.92 Å². The van der Waals surface area contributed by atoms with E-state index < -0.39 is 0 Å². The fourth-order valence-corrected chi connectivity index (χ4v) is 2.25. The maximum atomic E-state index is 12.0. The Balaban J connectivity index is 1.70. The van der Waals surface area contributed by atoms with Gasteiger partial charge in [0.2, 0.25) is 5.89 Å². The van der Waals surface area contributed by atoms with Crippen LogP contribution in [-0.4, -0.2) is 55.2 Å². The number of aromatic nitrogens is 1. The van der Waals surface area contributed by atoms with Crippen molar-refractivity contribution in [3.05, 3.63) is 17.8 Å². The van der Waals surface area contributed by atoms with Gasteiger partial charge in [-0.2, -0.15) is 0 Å². The van der Waals surface area contributed by atoms with Crippen LogP contribution in [0.1, 0.15) is 42.7 Å². The average Bonchev–Trinajstić information content (AvgIpc) is 3.01. The molecule has 0 bridgehead atoms. The molecule has 3 N–H and O–H groups in total. The molecule has 1 saturated heterocycles. The van der Waals surface area contributed by atoms with E-state index in [0.29, 0.717) is 12.4 Å². The summed E-state index contributed by atoms with van der Waals surface area (Å²) in [6.07, 6.45) is 2.27. The summed E-state index contributed by atoms with van der Waals surface area (Å²) in [5, 5.41) is 2.86. The molecule has 2 heterocycles. The molecule has 22 heavy (non-hydrogen) atoms. The molecule has 1 amide bonds. The first-order valence-corrected chi connectivity index (χ1v) is 7.87. The van der Waals surface area contributed by atoms with Gasteiger partial charge in [-0.1, -0.05) is 13.8 Å². The molecule has 0 radical (unpaired) electrons. The van der Waals surface area contributed by atoms with Crippen LogP contribution in [0.25, 0.3) is 0 Å². The number of carbonyl (C=O) groups excluding carboxylic acids is 1. The molecule has 1 fully saturated rings. The van der Waals surface area contributed by atoms with Gasteiger partial charge in [-0.3, -0.25) is 9.69 Å². The molecule has 1 aromatic rings. The van der Waals surface area contributed by atoms with E-state index in [1.807, 2.05) is 13.8 Å². The highest BCUT2D eigenvalue weighted by atomic mass is 16.5. The lowest BCUT2D eigenvalue weighted by Crippen LogP contribution is -2.38. The molecule has 0 aliphatic carbocycles. The van der Waals surface area contributed by atoms with Crippen molar-refractivity contribution >= 4 is 5.91 Å². The van der Waals surface area contributed by atoms with Gasteiger partial charge in [0.05, 0.1) is 19.3 Å². The standard InChI is InChI=1S/C15H26N4O3/c1-11(2)13(16)15-18-12(10-22-15)14(20)17-4-3-5-19-6-8-21-9-7-19/h10-11,13H,3-9,16H2,1-2H3,(H,17,20). The van der Waals surface area contributed by atoms with Crippen LogP contribution in [-0.2, 0) is 4.74 Å². The quantitative estimate of drug-likeness (QED) is 0.723. The first kappa shape index (κ1) is 16.9. The van der Waals surface area contributed by atoms with Crippen LogP contribution in [0.2, 0.25) is 0 Å². The van der Waals surface area contributed by atoms with Crippen molar-refractivity contribution in [2.45, 2.75) is 26.3 Å². The molecular formula is C15H26N4O3. The Hall–Kier alpha value is -1.44. The molecule has 1 atom stereocenters. The highest BCUT2D eigenvalue weighted by molar-refractivity contribution is 5.91. The Morgan fingerprint density at radius 2 is 2.18 bits per heavy atom. The molecule has 0 spiro atoms. The Labute approximate surface area is 131 Å². The molecule has 1 aliphatic heterocycles. The molecular weight excluding hydrogens is 284 g/mol. The van der Waals surface area contributed by atoms with E-state index >= 15 is 0 Å². The lowest BCUT2D eigenvalue weighted by atomic mass is 10.1. The molecule has 7 heteroatoms. The number of amides is 1. The van der Waals surface area contributed by atoms with Crippen molar-refractivity contribution in [2.75, 3.05) is 39.4 Å². The Kier molecular flexibility index (Phi) is 6.35. The number of morpholine rings is 1. The summed E-state index contributed by atoms with van der Waals surface area (Å²) in [7, 11) is 0. The number of nitrogens with one attached hydrogen (secondary N) is 1. The summed E-state index contributed by atoms with van der Waals surface area (Å²) < 4.78 is 10.6. The second kappa shape index (κ2) is 8.26. The van der Waals surface area contributed by atoms with Gasteiger partial charge < -0.3 is 20.2 Å². The lowest BCUT2D eigenvalue weighted by molar-refractivity contribution is 0.0374. The summed E-state index contributed by atoms with van der Waals surface area (Å²) in [5.74, 6) is 0.407. The van der Waals surface area contributed by atoms with Gasteiger partial charge in [-0.05, 0) is 18.9 Å². The van der Waals surface area contributed by atoms with Gasteiger partial charge in [-0.25, -0.2) is 4.98 Å².